The van der Waals surface area contributed by atoms with E-state index in [2.05, 4.69) is 32.5 Å². The summed E-state index contributed by atoms with van der Waals surface area (Å²) in [7, 11) is 0. The smallest absolute Gasteiger partial charge is 0.135 e. The van der Waals surface area contributed by atoms with Gasteiger partial charge in [0.1, 0.15) is 6.61 Å². The van der Waals surface area contributed by atoms with Crippen LogP contribution in [0.25, 0.3) is 0 Å². The van der Waals surface area contributed by atoms with Crippen LogP contribution in [0.5, 0.6) is 0 Å². The molecular formula is C9H17NO. The molecular weight excluding hydrogens is 138 g/mol. The van der Waals surface area contributed by atoms with Gasteiger partial charge >= 0.3 is 0 Å². The summed E-state index contributed by atoms with van der Waals surface area (Å²) in [4.78, 5) is 4.94. The Labute approximate surface area is 68.9 Å². The van der Waals surface area contributed by atoms with Crippen LogP contribution in [-0.4, -0.2) is 12.3 Å². The SMILES string of the molecule is C=CCO/N=C(\C)C(C)(C)C. The molecule has 0 aliphatic rings. The fourth-order valence-corrected chi connectivity index (χ4v) is 0.324. The highest BCUT2D eigenvalue weighted by Crippen LogP contribution is 2.15. The molecule has 0 unspecified atom stereocenters. The molecule has 0 radical (unpaired) electrons. The highest BCUT2D eigenvalue weighted by Gasteiger charge is 2.14. The fourth-order valence-electron chi connectivity index (χ4n) is 0.324. The number of hydrogen-bond acceptors (Lipinski definition) is 2. The van der Waals surface area contributed by atoms with E-state index < -0.39 is 0 Å². The minimum atomic E-state index is 0.0984. The summed E-state index contributed by atoms with van der Waals surface area (Å²) >= 11 is 0. The lowest BCUT2D eigenvalue weighted by atomic mass is 9.91. The lowest BCUT2D eigenvalue weighted by molar-refractivity contribution is 0.171. The highest BCUT2D eigenvalue weighted by molar-refractivity contribution is 5.86. The normalized spacial score (nSPS) is 12.9. The maximum Gasteiger partial charge on any atom is 0.135 e. The summed E-state index contributed by atoms with van der Waals surface area (Å²) in [6.07, 6.45) is 1.68. The monoisotopic (exact) mass is 155 g/mol. The maximum absolute atomic E-state index is 4.94. The predicted octanol–water partition coefficient (Wildman–Crippen LogP) is 2.61. The molecule has 0 heterocycles. The molecule has 11 heavy (non-hydrogen) atoms. The highest BCUT2D eigenvalue weighted by atomic mass is 16.6. The van der Waals surface area contributed by atoms with Gasteiger partial charge in [0.25, 0.3) is 0 Å². The zero-order valence-corrected chi connectivity index (χ0v) is 7.85. The Kier molecular flexibility index (Phi) is 3.86. The first-order valence-electron chi connectivity index (χ1n) is 3.76. The Bertz CT molecular complexity index is 153. The van der Waals surface area contributed by atoms with E-state index in [1.54, 1.807) is 6.08 Å². The lowest BCUT2D eigenvalue weighted by Crippen LogP contribution is -2.17. The van der Waals surface area contributed by atoms with Gasteiger partial charge in [0, 0.05) is 5.41 Å². The summed E-state index contributed by atoms with van der Waals surface area (Å²) in [6, 6.07) is 0. The van der Waals surface area contributed by atoms with Gasteiger partial charge in [-0.05, 0) is 6.92 Å². The molecule has 0 aliphatic carbocycles. The Morgan fingerprint density at radius 2 is 2.09 bits per heavy atom. The van der Waals surface area contributed by atoms with Gasteiger partial charge in [0.15, 0.2) is 0 Å². The molecule has 0 saturated heterocycles. The van der Waals surface area contributed by atoms with E-state index in [1.165, 1.54) is 0 Å². The molecule has 0 aromatic rings. The third kappa shape index (κ3) is 4.59. The average molecular weight is 155 g/mol. The molecule has 0 saturated carbocycles. The van der Waals surface area contributed by atoms with Gasteiger partial charge in [0.05, 0.1) is 5.71 Å². The summed E-state index contributed by atoms with van der Waals surface area (Å²) in [5, 5.41) is 3.93. The molecule has 0 N–H and O–H groups in total. The van der Waals surface area contributed by atoms with Crippen molar-refractivity contribution < 1.29 is 4.84 Å². The van der Waals surface area contributed by atoms with Crippen LogP contribution in [0.2, 0.25) is 0 Å². The molecule has 64 valence electrons. The van der Waals surface area contributed by atoms with E-state index in [1.807, 2.05) is 6.92 Å². The Morgan fingerprint density at radius 1 is 1.55 bits per heavy atom. The van der Waals surface area contributed by atoms with Gasteiger partial charge in [-0.2, -0.15) is 0 Å². The molecule has 0 aliphatic heterocycles. The van der Waals surface area contributed by atoms with Gasteiger partial charge < -0.3 is 4.84 Å². The van der Waals surface area contributed by atoms with E-state index >= 15 is 0 Å². The molecule has 0 aromatic heterocycles. The van der Waals surface area contributed by atoms with Crippen LogP contribution in [0.1, 0.15) is 27.7 Å². The second-order valence-corrected chi connectivity index (χ2v) is 3.51. The first-order chi connectivity index (χ1) is 4.98. The molecule has 0 rings (SSSR count). The first-order valence-corrected chi connectivity index (χ1v) is 3.76. The van der Waals surface area contributed by atoms with E-state index in [0.717, 1.165) is 5.71 Å². The minimum absolute atomic E-state index is 0.0984. The van der Waals surface area contributed by atoms with Crippen LogP contribution >= 0.6 is 0 Å². The Morgan fingerprint density at radius 3 is 2.45 bits per heavy atom. The zero-order chi connectivity index (χ0) is 8.91. The second-order valence-electron chi connectivity index (χ2n) is 3.51. The van der Waals surface area contributed by atoms with Crippen molar-refractivity contribution in [1.29, 1.82) is 0 Å². The standard InChI is InChI=1S/C9H17NO/c1-6-7-11-10-8(2)9(3,4)5/h6H,1,7H2,2-5H3/b10-8+. The molecule has 2 heteroatoms. The van der Waals surface area contributed by atoms with E-state index in [0.29, 0.717) is 6.61 Å². The van der Waals surface area contributed by atoms with Crippen molar-refractivity contribution in [2.24, 2.45) is 10.6 Å². The van der Waals surface area contributed by atoms with Crippen molar-refractivity contribution in [3.8, 4) is 0 Å². The zero-order valence-electron chi connectivity index (χ0n) is 7.85. The van der Waals surface area contributed by atoms with Crippen molar-refractivity contribution in [3.63, 3.8) is 0 Å². The molecule has 0 aromatic carbocycles. The molecule has 0 amide bonds. The molecule has 2 nitrogen and oxygen atoms in total. The van der Waals surface area contributed by atoms with Crippen LogP contribution in [0.15, 0.2) is 17.8 Å². The number of oxime groups is 1. The van der Waals surface area contributed by atoms with Crippen LogP contribution in [-0.2, 0) is 4.84 Å². The van der Waals surface area contributed by atoms with Gasteiger partial charge in [-0.15, -0.1) is 0 Å². The van der Waals surface area contributed by atoms with Gasteiger partial charge in [-0.3, -0.25) is 0 Å². The minimum Gasteiger partial charge on any atom is -0.392 e. The van der Waals surface area contributed by atoms with E-state index in [9.17, 15) is 0 Å². The molecule has 0 bridgehead atoms. The topological polar surface area (TPSA) is 21.6 Å². The summed E-state index contributed by atoms with van der Waals surface area (Å²) in [6.45, 7) is 12.3. The van der Waals surface area contributed by atoms with E-state index in [4.69, 9.17) is 4.84 Å². The third-order valence-electron chi connectivity index (χ3n) is 1.48. The average Bonchev–Trinajstić information content (AvgIpc) is 1.86. The van der Waals surface area contributed by atoms with Crippen molar-refractivity contribution in [1.82, 2.24) is 0 Å². The number of rotatable bonds is 3. The summed E-state index contributed by atoms with van der Waals surface area (Å²) in [5.41, 5.74) is 1.10. The second kappa shape index (κ2) is 4.16. The Hall–Kier alpha value is -0.790. The largest absolute Gasteiger partial charge is 0.392 e. The fraction of sp³-hybridized carbons (Fsp3) is 0.667. The van der Waals surface area contributed by atoms with Crippen molar-refractivity contribution in [2.75, 3.05) is 6.61 Å². The number of hydrogen-bond donors (Lipinski definition) is 0. The number of nitrogens with zero attached hydrogens (tertiary/aromatic N) is 1. The van der Waals surface area contributed by atoms with Gasteiger partial charge in [-0.25, -0.2) is 0 Å². The Balaban J connectivity index is 3.90. The summed E-state index contributed by atoms with van der Waals surface area (Å²) < 4.78 is 0. The maximum atomic E-state index is 4.94. The van der Waals surface area contributed by atoms with Gasteiger partial charge in [-0.1, -0.05) is 38.6 Å². The van der Waals surface area contributed by atoms with Gasteiger partial charge in [0.2, 0.25) is 0 Å². The third-order valence-corrected chi connectivity index (χ3v) is 1.48. The van der Waals surface area contributed by atoms with Crippen LogP contribution in [0, 0.1) is 5.41 Å². The quantitative estimate of drug-likeness (QED) is 0.266. The van der Waals surface area contributed by atoms with E-state index in [-0.39, 0.29) is 5.41 Å². The molecule has 0 spiro atoms. The predicted molar refractivity (Wildman–Crippen MR) is 48.7 cm³/mol. The molecule has 0 fully saturated rings. The van der Waals surface area contributed by atoms with Crippen molar-refractivity contribution in [3.05, 3.63) is 12.7 Å². The lowest BCUT2D eigenvalue weighted by Gasteiger charge is -2.16. The van der Waals surface area contributed by atoms with Crippen LogP contribution in [0.3, 0.4) is 0 Å². The first kappa shape index (κ1) is 10.2. The summed E-state index contributed by atoms with van der Waals surface area (Å²) in [5.74, 6) is 0. The van der Waals surface area contributed by atoms with Crippen molar-refractivity contribution in [2.45, 2.75) is 27.7 Å². The van der Waals surface area contributed by atoms with Crippen LogP contribution < -0.4 is 0 Å². The molecule has 0 atom stereocenters. The van der Waals surface area contributed by atoms with Crippen molar-refractivity contribution >= 4 is 5.71 Å². The van der Waals surface area contributed by atoms with Crippen LogP contribution in [0.4, 0.5) is 0 Å².